The number of hydrogen-bond donors (Lipinski definition) is 2. The van der Waals surface area contributed by atoms with Gasteiger partial charge >= 0.3 is 0 Å². The molecule has 0 saturated carbocycles. The van der Waals surface area contributed by atoms with Crippen molar-refractivity contribution in [2.75, 3.05) is 25.0 Å². The van der Waals surface area contributed by atoms with Gasteiger partial charge in [0.25, 0.3) is 0 Å². The van der Waals surface area contributed by atoms with Gasteiger partial charge in [0.1, 0.15) is 0 Å². The molecule has 1 aliphatic rings. The first kappa shape index (κ1) is 17.5. The highest BCUT2D eigenvalue weighted by atomic mass is 16.2. The van der Waals surface area contributed by atoms with E-state index in [-0.39, 0.29) is 17.7 Å². The van der Waals surface area contributed by atoms with Crippen LogP contribution in [0.4, 0.5) is 5.69 Å². The van der Waals surface area contributed by atoms with E-state index in [1.165, 1.54) is 5.56 Å². The quantitative estimate of drug-likeness (QED) is 0.845. The van der Waals surface area contributed by atoms with Crippen LogP contribution in [0.1, 0.15) is 44.6 Å². The number of hydrogen-bond acceptors (Lipinski definition) is 3. The Morgan fingerprint density at radius 1 is 1.35 bits per heavy atom. The molecule has 1 aromatic carbocycles. The zero-order chi connectivity index (χ0) is 16.8. The number of carbonyl (C=O) groups is 2. The normalized spacial score (nSPS) is 20.0. The zero-order valence-corrected chi connectivity index (χ0v) is 14.0. The molecule has 0 aromatic heterocycles. The van der Waals surface area contributed by atoms with E-state index in [2.05, 4.69) is 31.3 Å². The molecular formula is C18H27N3O2. The Hall–Kier alpha value is -1.88. The molecule has 1 aromatic rings. The standard InChI is InChI=1S/C18H27N3O2/c1-3-13(2)14-6-8-16(9-7-14)20-17(22)12-21-10-4-5-15(11-21)18(19)23/h6-9,13,15H,3-5,10-12H2,1-2H3,(H2,19,23)(H,20,22)/t13-,15-/m0/s1. The maximum absolute atomic E-state index is 12.2. The van der Waals surface area contributed by atoms with Gasteiger partial charge in [0.05, 0.1) is 12.5 Å². The van der Waals surface area contributed by atoms with Crippen molar-refractivity contribution in [3.63, 3.8) is 0 Å². The molecule has 0 spiro atoms. The minimum Gasteiger partial charge on any atom is -0.369 e. The third-order valence-electron chi connectivity index (χ3n) is 4.65. The zero-order valence-electron chi connectivity index (χ0n) is 14.0. The van der Waals surface area contributed by atoms with Crippen molar-refractivity contribution in [1.29, 1.82) is 0 Å². The lowest BCUT2D eigenvalue weighted by atomic mass is 9.97. The SMILES string of the molecule is CC[C@H](C)c1ccc(NC(=O)CN2CCC[C@H](C(N)=O)C2)cc1. The Bertz CT molecular complexity index is 542. The molecule has 23 heavy (non-hydrogen) atoms. The minimum absolute atomic E-state index is 0.0496. The third-order valence-corrected chi connectivity index (χ3v) is 4.65. The van der Waals surface area contributed by atoms with Gasteiger partial charge in [0.2, 0.25) is 11.8 Å². The van der Waals surface area contributed by atoms with E-state index in [1.807, 2.05) is 17.0 Å². The maximum Gasteiger partial charge on any atom is 0.238 e. The van der Waals surface area contributed by atoms with Gasteiger partial charge < -0.3 is 11.1 Å². The van der Waals surface area contributed by atoms with E-state index in [9.17, 15) is 9.59 Å². The molecule has 0 radical (unpaired) electrons. The average Bonchev–Trinajstić information content (AvgIpc) is 2.55. The van der Waals surface area contributed by atoms with Gasteiger partial charge in [0.15, 0.2) is 0 Å². The number of benzene rings is 1. The number of rotatable bonds is 6. The van der Waals surface area contributed by atoms with Crippen molar-refractivity contribution in [3.05, 3.63) is 29.8 Å². The summed E-state index contributed by atoms with van der Waals surface area (Å²) in [7, 11) is 0. The lowest BCUT2D eigenvalue weighted by Crippen LogP contribution is -2.44. The number of anilines is 1. The van der Waals surface area contributed by atoms with E-state index < -0.39 is 0 Å². The Balaban J connectivity index is 1.85. The molecule has 2 atom stereocenters. The molecule has 0 bridgehead atoms. The molecule has 126 valence electrons. The molecule has 2 amide bonds. The number of carbonyl (C=O) groups excluding carboxylic acids is 2. The van der Waals surface area contributed by atoms with Gasteiger partial charge in [-0.25, -0.2) is 0 Å². The van der Waals surface area contributed by atoms with Crippen LogP contribution >= 0.6 is 0 Å². The topological polar surface area (TPSA) is 75.4 Å². The van der Waals surface area contributed by atoms with Gasteiger partial charge in [-0.05, 0) is 49.4 Å². The Morgan fingerprint density at radius 2 is 2.04 bits per heavy atom. The van der Waals surface area contributed by atoms with E-state index in [4.69, 9.17) is 5.73 Å². The van der Waals surface area contributed by atoms with E-state index in [0.717, 1.165) is 31.5 Å². The molecular weight excluding hydrogens is 290 g/mol. The fourth-order valence-corrected chi connectivity index (χ4v) is 2.97. The highest BCUT2D eigenvalue weighted by Gasteiger charge is 2.25. The second-order valence-electron chi connectivity index (χ2n) is 6.46. The molecule has 1 saturated heterocycles. The lowest BCUT2D eigenvalue weighted by molar-refractivity contribution is -0.125. The lowest BCUT2D eigenvalue weighted by Gasteiger charge is -2.30. The predicted molar refractivity (Wildman–Crippen MR) is 92.1 cm³/mol. The van der Waals surface area contributed by atoms with Crippen LogP contribution in [0.5, 0.6) is 0 Å². The third kappa shape index (κ3) is 5.06. The number of nitrogens with zero attached hydrogens (tertiary/aromatic N) is 1. The summed E-state index contributed by atoms with van der Waals surface area (Å²) < 4.78 is 0. The number of likely N-dealkylation sites (tertiary alicyclic amines) is 1. The first-order chi connectivity index (χ1) is 11.0. The van der Waals surface area contributed by atoms with Crippen LogP contribution in [-0.2, 0) is 9.59 Å². The molecule has 1 aliphatic heterocycles. The summed E-state index contributed by atoms with van der Waals surface area (Å²) in [4.78, 5) is 25.4. The van der Waals surface area contributed by atoms with Crippen molar-refractivity contribution in [2.24, 2.45) is 11.7 Å². The van der Waals surface area contributed by atoms with Crippen molar-refractivity contribution >= 4 is 17.5 Å². The molecule has 3 N–H and O–H groups in total. The molecule has 5 heteroatoms. The minimum atomic E-state index is -0.268. The van der Waals surface area contributed by atoms with Crippen LogP contribution in [0, 0.1) is 5.92 Å². The number of nitrogens with one attached hydrogen (secondary N) is 1. The second-order valence-corrected chi connectivity index (χ2v) is 6.46. The molecule has 5 nitrogen and oxygen atoms in total. The first-order valence-corrected chi connectivity index (χ1v) is 8.41. The first-order valence-electron chi connectivity index (χ1n) is 8.41. The predicted octanol–water partition coefficient (Wildman–Crippen LogP) is 2.34. The average molecular weight is 317 g/mol. The largest absolute Gasteiger partial charge is 0.369 e. The summed E-state index contributed by atoms with van der Waals surface area (Å²) >= 11 is 0. The van der Waals surface area contributed by atoms with Crippen LogP contribution in [0.3, 0.4) is 0 Å². The molecule has 0 unspecified atom stereocenters. The summed E-state index contributed by atoms with van der Waals surface area (Å²) in [6.07, 6.45) is 2.83. The van der Waals surface area contributed by atoms with Gasteiger partial charge in [0, 0.05) is 12.2 Å². The summed E-state index contributed by atoms with van der Waals surface area (Å²) in [5.41, 5.74) is 7.46. The summed E-state index contributed by atoms with van der Waals surface area (Å²) in [6.45, 7) is 6.08. The molecule has 1 fully saturated rings. The van der Waals surface area contributed by atoms with Crippen LogP contribution in [0.25, 0.3) is 0 Å². The maximum atomic E-state index is 12.2. The van der Waals surface area contributed by atoms with E-state index in [0.29, 0.717) is 19.0 Å². The fourth-order valence-electron chi connectivity index (χ4n) is 2.97. The number of primary amides is 1. The Labute approximate surface area is 138 Å². The van der Waals surface area contributed by atoms with Crippen LogP contribution in [0.15, 0.2) is 24.3 Å². The van der Waals surface area contributed by atoms with Crippen molar-refractivity contribution in [1.82, 2.24) is 4.90 Å². The summed E-state index contributed by atoms with van der Waals surface area (Å²) in [6, 6.07) is 8.02. The van der Waals surface area contributed by atoms with Crippen LogP contribution < -0.4 is 11.1 Å². The summed E-state index contributed by atoms with van der Waals surface area (Å²) in [5, 5.41) is 2.92. The number of amides is 2. The van der Waals surface area contributed by atoms with Crippen LogP contribution in [0.2, 0.25) is 0 Å². The van der Waals surface area contributed by atoms with Gasteiger partial charge in [-0.1, -0.05) is 26.0 Å². The van der Waals surface area contributed by atoms with Gasteiger partial charge in [-0.15, -0.1) is 0 Å². The second kappa shape index (κ2) is 8.11. The van der Waals surface area contributed by atoms with Crippen molar-refractivity contribution in [3.8, 4) is 0 Å². The van der Waals surface area contributed by atoms with Crippen molar-refractivity contribution < 1.29 is 9.59 Å². The van der Waals surface area contributed by atoms with Gasteiger partial charge in [-0.2, -0.15) is 0 Å². The molecule has 0 aliphatic carbocycles. The van der Waals surface area contributed by atoms with Crippen LogP contribution in [-0.4, -0.2) is 36.3 Å². The highest BCUT2D eigenvalue weighted by molar-refractivity contribution is 5.92. The summed E-state index contributed by atoms with van der Waals surface area (Å²) in [5.74, 6) is 0.0763. The van der Waals surface area contributed by atoms with E-state index in [1.54, 1.807) is 0 Å². The molecule has 1 heterocycles. The van der Waals surface area contributed by atoms with Crippen molar-refractivity contribution in [2.45, 2.75) is 39.0 Å². The van der Waals surface area contributed by atoms with E-state index >= 15 is 0 Å². The van der Waals surface area contributed by atoms with Gasteiger partial charge in [-0.3, -0.25) is 14.5 Å². The Kier molecular flexibility index (Phi) is 6.16. The molecule has 2 rings (SSSR count). The highest BCUT2D eigenvalue weighted by Crippen LogP contribution is 2.20. The number of nitrogens with two attached hydrogens (primary N) is 1. The smallest absolute Gasteiger partial charge is 0.238 e. The monoisotopic (exact) mass is 317 g/mol. The fraction of sp³-hybridized carbons (Fsp3) is 0.556. The Morgan fingerprint density at radius 3 is 2.65 bits per heavy atom. The number of piperidine rings is 1.